The van der Waals surface area contributed by atoms with Crippen LogP contribution in [0.3, 0.4) is 0 Å². The van der Waals surface area contributed by atoms with E-state index in [1.54, 1.807) is 22.7 Å². The largest absolute Gasteiger partial charge is 0.378 e. The summed E-state index contributed by atoms with van der Waals surface area (Å²) in [5, 5.41) is 9.67. The lowest BCUT2D eigenvalue weighted by atomic mass is 10.2. The van der Waals surface area contributed by atoms with E-state index in [0.717, 1.165) is 4.34 Å². The van der Waals surface area contributed by atoms with Gasteiger partial charge in [0.1, 0.15) is 0 Å². The molecule has 1 N–H and O–H groups in total. The third kappa shape index (κ3) is 2.29. The lowest BCUT2D eigenvalue weighted by Gasteiger charge is -2.11. The van der Waals surface area contributed by atoms with Crippen molar-refractivity contribution in [1.82, 2.24) is 0 Å². The van der Waals surface area contributed by atoms with Gasteiger partial charge in [0.15, 0.2) is 0 Å². The number of halogens is 1. The van der Waals surface area contributed by atoms with Crippen LogP contribution in [0.15, 0.2) is 28.3 Å². The lowest BCUT2D eigenvalue weighted by Crippen LogP contribution is -2.04. The van der Waals surface area contributed by atoms with Crippen LogP contribution in [0.25, 0.3) is 0 Å². The molecule has 0 saturated carbocycles. The Labute approximate surface area is 96.4 Å². The van der Waals surface area contributed by atoms with Crippen LogP contribution in [-0.4, -0.2) is 0 Å². The van der Waals surface area contributed by atoms with Crippen LogP contribution in [0.5, 0.6) is 0 Å². The third-order valence-corrected chi connectivity index (χ3v) is 3.78. The van der Waals surface area contributed by atoms with E-state index < -0.39 is 0 Å². The Hall–Kier alpha value is -0.510. The molecule has 0 aliphatic rings. The van der Waals surface area contributed by atoms with Crippen molar-refractivity contribution in [2.24, 2.45) is 0 Å². The van der Waals surface area contributed by atoms with Gasteiger partial charge in [-0.2, -0.15) is 11.3 Å². The minimum absolute atomic E-state index is 0.313. The maximum absolute atomic E-state index is 5.88. The molecule has 2 rings (SSSR count). The van der Waals surface area contributed by atoms with E-state index in [0.29, 0.717) is 6.04 Å². The summed E-state index contributed by atoms with van der Waals surface area (Å²) in [6.45, 7) is 2.13. The Morgan fingerprint density at radius 3 is 2.86 bits per heavy atom. The van der Waals surface area contributed by atoms with Crippen molar-refractivity contribution < 1.29 is 0 Å². The Morgan fingerprint density at radius 2 is 2.29 bits per heavy atom. The molecular formula is C10H10ClNS2. The molecule has 2 aromatic rings. The summed E-state index contributed by atoms with van der Waals surface area (Å²) < 4.78 is 0.846. The third-order valence-electron chi connectivity index (χ3n) is 1.99. The summed E-state index contributed by atoms with van der Waals surface area (Å²) in [6, 6.07) is 4.40. The number of hydrogen-bond acceptors (Lipinski definition) is 3. The Kier molecular flexibility index (Phi) is 3.11. The van der Waals surface area contributed by atoms with E-state index in [2.05, 4.69) is 34.4 Å². The molecule has 0 aliphatic heterocycles. The van der Waals surface area contributed by atoms with Gasteiger partial charge in [0.05, 0.1) is 4.34 Å². The molecule has 0 fully saturated rings. The molecule has 74 valence electrons. The van der Waals surface area contributed by atoms with Crippen LogP contribution < -0.4 is 5.32 Å². The summed E-state index contributed by atoms with van der Waals surface area (Å²) >= 11 is 9.15. The second-order valence-corrected chi connectivity index (χ2v) is 5.38. The van der Waals surface area contributed by atoms with Crippen LogP contribution in [0, 0.1) is 0 Å². The zero-order valence-corrected chi connectivity index (χ0v) is 10.0. The molecule has 0 bridgehead atoms. The highest BCUT2D eigenvalue weighted by Gasteiger charge is 2.07. The molecular weight excluding hydrogens is 234 g/mol. The van der Waals surface area contributed by atoms with Gasteiger partial charge in [-0.3, -0.25) is 0 Å². The maximum Gasteiger partial charge on any atom is 0.0931 e. The van der Waals surface area contributed by atoms with Crippen molar-refractivity contribution in [2.45, 2.75) is 13.0 Å². The molecule has 14 heavy (non-hydrogen) atoms. The van der Waals surface area contributed by atoms with Gasteiger partial charge in [0.25, 0.3) is 0 Å². The minimum Gasteiger partial charge on any atom is -0.378 e. The Balaban J connectivity index is 2.06. The second-order valence-electron chi connectivity index (χ2n) is 3.06. The standard InChI is InChI=1S/C10H10ClNS2/c1-7(8-4-10(11)14-5-8)12-9-2-3-13-6-9/h2-7,12H,1H3. The quantitative estimate of drug-likeness (QED) is 0.829. The molecule has 2 aromatic heterocycles. The lowest BCUT2D eigenvalue weighted by molar-refractivity contribution is 0.892. The molecule has 0 saturated heterocycles. The summed E-state index contributed by atoms with van der Waals surface area (Å²) in [6.07, 6.45) is 0. The average molecular weight is 244 g/mol. The minimum atomic E-state index is 0.313. The van der Waals surface area contributed by atoms with E-state index in [4.69, 9.17) is 11.6 Å². The van der Waals surface area contributed by atoms with Crippen LogP contribution in [0.1, 0.15) is 18.5 Å². The number of thiophene rings is 2. The highest BCUT2D eigenvalue weighted by atomic mass is 35.5. The van der Waals surface area contributed by atoms with E-state index in [-0.39, 0.29) is 0 Å². The molecule has 0 aliphatic carbocycles. The molecule has 0 amide bonds. The number of rotatable bonds is 3. The molecule has 1 unspecified atom stereocenters. The van der Waals surface area contributed by atoms with Crippen LogP contribution >= 0.6 is 34.3 Å². The highest BCUT2D eigenvalue weighted by Crippen LogP contribution is 2.27. The van der Waals surface area contributed by atoms with Gasteiger partial charge in [-0.15, -0.1) is 11.3 Å². The fourth-order valence-corrected chi connectivity index (χ4v) is 2.81. The summed E-state index contributed by atoms with van der Waals surface area (Å²) in [4.78, 5) is 0. The fraction of sp³-hybridized carbons (Fsp3) is 0.200. The van der Waals surface area contributed by atoms with Crippen molar-refractivity contribution >= 4 is 40.0 Å². The van der Waals surface area contributed by atoms with E-state index in [1.807, 2.05) is 6.07 Å². The topological polar surface area (TPSA) is 12.0 Å². The van der Waals surface area contributed by atoms with Crippen molar-refractivity contribution in [1.29, 1.82) is 0 Å². The molecule has 1 atom stereocenters. The summed E-state index contributed by atoms with van der Waals surface area (Å²) in [5.74, 6) is 0. The van der Waals surface area contributed by atoms with Crippen molar-refractivity contribution in [3.63, 3.8) is 0 Å². The van der Waals surface area contributed by atoms with Gasteiger partial charge in [0, 0.05) is 17.1 Å². The first-order valence-electron chi connectivity index (χ1n) is 4.28. The predicted octanol–water partition coefficient (Wildman–Crippen LogP) is 4.64. The fourth-order valence-electron chi connectivity index (χ4n) is 1.23. The normalized spacial score (nSPS) is 12.7. The van der Waals surface area contributed by atoms with E-state index in [9.17, 15) is 0 Å². The molecule has 0 radical (unpaired) electrons. The second kappa shape index (κ2) is 4.34. The maximum atomic E-state index is 5.88. The Morgan fingerprint density at radius 1 is 1.43 bits per heavy atom. The number of nitrogens with one attached hydrogen (secondary N) is 1. The number of anilines is 1. The molecule has 4 heteroatoms. The summed E-state index contributed by atoms with van der Waals surface area (Å²) in [5.41, 5.74) is 2.41. The zero-order valence-electron chi connectivity index (χ0n) is 7.66. The first-order chi connectivity index (χ1) is 6.75. The zero-order chi connectivity index (χ0) is 9.97. The number of hydrogen-bond donors (Lipinski definition) is 1. The van der Waals surface area contributed by atoms with Gasteiger partial charge in [0.2, 0.25) is 0 Å². The van der Waals surface area contributed by atoms with Crippen LogP contribution in [0.4, 0.5) is 5.69 Å². The average Bonchev–Trinajstić information content (AvgIpc) is 2.75. The summed E-state index contributed by atoms with van der Waals surface area (Å²) in [7, 11) is 0. The smallest absolute Gasteiger partial charge is 0.0931 e. The van der Waals surface area contributed by atoms with Gasteiger partial charge < -0.3 is 5.32 Å². The van der Waals surface area contributed by atoms with Crippen LogP contribution in [0.2, 0.25) is 4.34 Å². The van der Waals surface area contributed by atoms with Gasteiger partial charge in [-0.25, -0.2) is 0 Å². The predicted molar refractivity (Wildman–Crippen MR) is 65.7 cm³/mol. The van der Waals surface area contributed by atoms with Gasteiger partial charge >= 0.3 is 0 Å². The SMILES string of the molecule is CC(Nc1ccsc1)c1csc(Cl)c1. The molecule has 0 spiro atoms. The molecule has 2 heterocycles. The molecule has 1 nitrogen and oxygen atoms in total. The van der Waals surface area contributed by atoms with Crippen molar-refractivity contribution in [2.75, 3.05) is 5.32 Å². The highest BCUT2D eigenvalue weighted by molar-refractivity contribution is 7.14. The van der Waals surface area contributed by atoms with Crippen molar-refractivity contribution in [3.05, 3.63) is 38.2 Å². The monoisotopic (exact) mass is 243 g/mol. The van der Waals surface area contributed by atoms with Crippen LogP contribution in [-0.2, 0) is 0 Å². The van der Waals surface area contributed by atoms with E-state index >= 15 is 0 Å². The first-order valence-corrected chi connectivity index (χ1v) is 6.48. The van der Waals surface area contributed by atoms with Gasteiger partial charge in [-0.05, 0) is 35.4 Å². The van der Waals surface area contributed by atoms with Gasteiger partial charge in [-0.1, -0.05) is 11.6 Å². The first kappa shape index (κ1) is 10.0. The van der Waals surface area contributed by atoms with Crippen molar-refractivity contribution in [3.8, 4) is 0 Å². The van der Waals surface area contributed by atoms with E-state index in [1.165, 1.54) is 11.3 Å². The molecule has 0 aromatic carbocycles. The Bertz CT molecular complexity index is 394.